The number of nitrogens with zero attached hydrogens (tertiary/aromatic N) is 3. The van der Waals surface area contributed by atoms with Crippen LogP contribution in [0.25, 0.3) is 0 Å². The topological polar surface area (TPSA) is 103 Å². The van der Waals surface area contributed by atoms with Gasteiger partial charge in [-0.25, -0.2) is 9.78 Å². The molecule has 1 aliphatic rings. The van der Waals surface area contributed by atoms with Gasteiger partial charge in [-0.1, -0.05) is 0 Å². The molecule has 0 atom stereocenters. The zero-order chi connectivity index (χ0) is 14.0. The molecule has 0 saturated carbocycles. The van der Waals surface area contributed by atoms with Crippen LogP contribution in [0.5, 0.6) is 0 Å². The third kappa shape index (κ3) is 2.66. The minimum atomic E-state index is -1.06. The molecule has 1 aromatic rings. The molecule has 1 fully saturated rings. The Labute approximate surface area is 111 Å². The lowest BCUT2D eigenvalue weighted by molar-refractivity contribution is 0.0695. The first-order valence-electron chi connectivity index (χ1n) is 6.18. The average Bonchev–Trinajstić information content (AvgIpc) is 2.39. The van der Waals surface area contributed by atoms with Gasteiger partial charge in [0, 0.05) is 19.1 Å². The predicted molar refractivity (Wildman–Crippen MR) is 70.1 cm³/mol. The number of aromatic nitrogens is 1. The highest BCUT2D eigenvalue weighted by molar-refractivity contribution is 5.89. The molecule has 0 aliphatic carbocycles. The van der Waals surface area contributed by atoms with E-state index in [1.807, 2.05) is 11.0 Å². The monoisotopic (exact) mass is 260 g/mol. The van der Waals surface area contributed by atoms with Crippen molar-refractivity contribution < 1.29 is 9.90 Å². The van der Waals surface area contributed by atoms with Gasteiger partial charge in [0.1, 0.15) is 11.9 Å². The summed E-state index contributed by atoms with van der Waals surface area (Å²) < 4.78 is 0. The number of carboxylic acid groups (broad SMARTS) is 1. The highest BCUT2D eigenvalue weighted by Gasteiger charge is 2.22. The average molecular weight is 260 g/mol. The van der Waals surface area contributed by atoms with Gasteiger partial charge in [0.05, 0.1) is 16.8 Å². The second-order valence-corrected chi connectivity index (χ2v) is 4.73. The first-order valence-corrected chi connectivity index (χ1v) is 6.18. The van der Waals surface area contributed by atoms with Crippen LogP contribution in [-0.4, -0.2) is 35.2 Å². The zero-order valence-corrected chi connectivity index (χ0v) is 10.8. The summed E-state index contributed by atoms with van der Waals surface area (Å²) in [4.78, 5) is 17.3. The van der Waals surface area contributed by atoms with Crippen molar-refractivity contribution in [2.24, 2.45) is 5.73 Å². The van der Waals surface area contributed by atoms with Crippen molar-refractivity contribution in [3.8, 4) is 6.07 Å². The molecule has 0 unspecified atom stereocenters. The lowest BCUT2D eigenvalue weighted by Crippen LogP contribution is -2.40. The lowest BCUT2D eigenvalue weighted by Gasteiger charge is -2.31. The minimum Gasteiger partial charge on any atom is -0.478 e. The molecule has 2 heterocycles. The SMILES string of the molecule is Cc1nc(N2CCC(N)CC2)c(C#N)cc1C(=O)O. The van der Waals surface area contributed by atoms with Gasteiger partial charge in [0.25, 0.3) is 0 Å². The van der Waals surface area contributed by atoms with Crippen LogP contribution >= 0.6 is 0 Å². The van der Waals surface area contributed by atoms with Crippen molar-refractivity contribution >= 4 is 11.8 Å². The molecular weight excluding hydrogens is 244 g/mol. The maximum absolute atomic E-state index is 11.0. The van der Waals surface area contributed by atoms with Crippen molar-refractivity contribution in [2.45, 2.75) is 25.8 Å². The number of aryl methyl sites for hydroxylation is 1. The van der Waals surface area contributed by atoms with Gasteiger partial charge >= 0.3 is 5.97 Å². The van der Waals surface area contributed by atoms with Gasteiger partial charge in [-0.2, -0.15) is 5.26 Å². The molecule has 2 rings (SSSR count). The molecule has 100 valence electrons. The summed E-state index contributed by atoms with van der Waals surface area (Å²) in [6.45, 7) is 3.13. The summed E-state index contributed by atoms with van der Waals surface area (Å²) in [6, 6.07) is 3.62. The van der Waals surface area contributed by atoms with E-state index in [0.717, 1.165) is 25.9 Å². The quantitative estimate of drug-likeness (QED) is 0.818. The number of carboxylic acids is 1. The number of piperidine rings is 1. The number of hydrogen-bond acceptors (Lipinski definition) is 5. The summed E-state index contributed by atoms with van der Waals surface area (Å²) in [6.07, 6.45) is 1.71. The second kappa shape index (κ2) is 5.24. The molecule has 3 N–H and O–H groups in total. The molecule has 19 heavy (non-hydrogen) atoms. The number of nitriles is 1. The number of rotatable bonds is 2. The van der Waals surface area contributed by atoms with Crippen molar-refractivity contribution in [3.05, 3.63) is 22.9 Å². The van der Waals surface area contributed by atoms with Crippen LogP contribution in [0, 0.1) is 18.3 Å². The van der Waals surface area contributed by atoms with Gasteiger partial charge in [-0.05, 0) is 25.8 Å². The van der Waals surface area contributed by atoms with Gasteiger partial charge in [-0.15, -0.1) is 0 Å². The third-order valence-corrected chi connectivity index (χ3v) is 3.38. The van der Waals surface area contributed by atoms with Crippen LogP contribution in [-0.2, 0) is 0 Å². The second-order valence-electron chi connectivity index (χ2n) is 4.73. The van der Waals surface area contributed by atoms with Crippen LogP contribution in [0.2, 0.25) is 0 Å². The Kier molecular flexibility index (Phi) is 3.67. The smallest absolute Gasteiger partial charge is 0.337 e. The standard InChI is InChI=1S/C13H16N4O2/c1-8-11(13(18)19)6-9(7-14)12(16-8)17-4-2-10(15)3-5-17/h6,10H,2-5,15H2,1H3,(H,18,19). The van der Waals surface area contributed by atoms with E-state index in [-0.39, 0.29) is 11.6 Å². The van der Waals surface area contributed by atoms with Crippen LogP contribution in [0.3, 0.4) is 0 Å². The minimum absolute atomic E-state index is 0.0778. The fourth-order valence-electron chi connectivity index (χ4n) is 2.24. The summed E-state index contributed by atoms with van der Waals surface area (Å²) in [5.74, 6) is -0.495. The molecule has 0 aromatic carbocycles. The number of pyridine rings is 1. The van der Waals surface area contributed by atoms with E-state index in [2.05, 4.69) is 4.98 Å². The number of anilines is 1. The third-order valence-electron chi connectivity index (χ3n) is 3.38. The van der Waals surface area contributed by atoms with E-state index in [4.69, 9.17) is 16.1 Å². The summed E-state index contributed by atoms with van der Waals surface area (Å²) in [5.41, 5.74) is 6.66. The van der Waals surface area contributed by atoms with E-state index in [1.165, 1.54) is 6.07 Å². The maximum atomic E-state index is 11.0. The molecule has 1 saturated heterocycles. The molecule has 0 radical (unpaired) electrons. The van der Waals surface area contributed by atoms with Crippen LogP contribution in [0.1, 0.15) is 34.5 Å². The highest BCUT2D eigenvalue weighted by Crippen LogP contribution is 2.23. The van der Waals surface area contributed by atoms with E-state index >= 15 is 0 Å². The largest absolute Gasteiger partial charge is 0.478 e. The Bertz CT molecular complexity index is 542. The Balaban J connectivity index is 2.38. The van der Waals surface area contributed by atoms with Crippen LogP contribution in [0.4, 0.5) is 5.82 Å². The molecule has 1 aliphatic heterocycles. The first kappa shape index (κ1) is 13.3. The van der Waals surface area contributed by atoms with Crippen LogP contribution < -0.4 is 10.6 Å². The molecular formula is C13H16N4O2. The summed E-state index contributed by atoms with van der Waals surface area (Å²) >= 11 is 0. The summed E-state index contributed by atoms with van der Waals surface area (Å²) in [7, 11) is 0. The van der Waals surface area contributed by atoms with Crippen LogP contribution in [0.15, 0.2) is 6.07 Å². The predicted octanol–water partition coefficient (Wildman–Crippen LogP) is 0.887. The molecule has 6 heteroatoms. The first-order chi connectivity index (χ1) is 9.02. The zero-order valence-electron chi connectivity index (χ0n) is 10.8. The van der Waals surface area contributed by atoms with Crippen molar-refractivity contribution in [1.82, 2.24) is 4.98 Å². The molecule has 0 spiro atoms. The van der Waals surface area contributed by atoms with E-state index < -0.39 is 5.97 Å². The molecule has 0 bridgehead atoms. The Morgan fingerprint density at radius 3 is 2.74 bits per heavy atom. The number of nitrogens with two attached hydrogens (primary N) is 1. The number of carbonyl (C=O) groups is 1. The van der Waals surface area contributed by atoms with E-state index in [1.54, 1.807) is 6.92 Å². The van der Waals surface area contributed by atoms with E-state index in [0.29, 0.717) is 17.1 Å². The Hall–Kier alpha value is -2.13. The number of aromatic carboxylic acids is 1. The van der Waals surface area contributed by atoms with Gasteiger partial charge in [0.15, 0.2) is 0 Å². The van der Waals surface area contributed by atoms with Gasteiger partial charge in [0.2, 0.25) is 0 Å². The maximum Gasteiger partial charge on any atom is 0.337 e. The van der Waals surface area contributed by atoms with Crippen molar-refractivity contribution in [2.75, 3.05) is 18.0 Å². The van der Waals surface area contributed by atoms with Gasteiger partial charge in [-0.3, -0.25) is 0 Å². The molecule has 6 nitrogen and oxygen atoms in total. The van der Waals surface area contributed by atoms with Gasteiger partial charge < -0.3 is 15.7 Å². The number of hydrogen-bond donors (Lipinski definition) is 2. The fraction of sp³-hybridized carbons (Fsp3) is 0.462. The van der Waals surface area contributed by atoms with Crippen molar-refractivity contribution in [3.63, 3.8) is 0 Å². The summed E-state index contributed by atoms with van der Waals surface area (Å²) in [5, 5.41) is 18.2. The molecule has 1 aromatic heterocycles. The van der Waals surface area contributed by atoms with E-state index in [9.17, 15) is 4.79 Å². The Morgan fingerprint density at radius 1 is 1.58 bits per heavy atom. The fourth-order valence-corrected chi connectivity index (χ4v) is 2.24. The highest BCUT2D eigenvalue weighted by atomic mass is 16.4. The lowest BCUT2D eigenvalue weighted by atomic mass is 10.0. The normalized spacial score (nSPS) is 16.2. The Morgan fingerprint density at radius 2 is 2.21 bits per heavy atom. The van der Waals surface area contributed by atoms with Crippen molar-refractivity contribution in [1.29, 1.82) is 5.26 Å². The molecule has 0 amide bonds.